The van der Waals surface area contributed by atoms with Crippen molar-refractivity contribution in [1.29, 1.82) is 0 Å². The highest BCUT2D eigenvalue weighted by molar-refractivity contribution is 5.85. The van der Waals surface area contributed by atoms with Crippen LogP contribution >= 0.6 is 24.8 Å². The third kappa shape index (κ3) is 1.91. The zero-order valence-corrected chi connectivity index (χ0v) is 8.33. The standard InChI is InChI=1S/C7H11N3.2ClH/c8-5-6-4-7-2-1-3-10(7)9-6;;/h4H,1-3,5,8H2;2*1H. The van der Waals surface area contributed by atoms with E-state index in [9.17, 15) is 0 Å². The van der Waals surface area contributed by atoms with Gasteiger partial charge in [0.05, 0.1) is 5.69 Å². The highest BCUT2D eigenvalue weighted by atomic mass is 35.5. The van der Waals surface area contributed by atoms with E-state index < -0.39 is 0 Å². The predicted molar refractivity (Wildman–Crippen MR) is 52.9 cm³/mol. The lowest BCUT2D eigenvalue weighted by Gasteiger charge is -1.90. The van der Waals surface area contributed by atoms with Crippen molar-refractivity contribution in [3.63, 3.8) is 0 Å². The van der Waals surface area contributed by atoms with Crippen molar-refractivity contribution in [2.45, 2.75) is 25.9 Å². The van der Waals surface area contributed by atoms with Crippen LogP contribution in [0, 0.1) is 0 Å². The van der Waals surface area contributed by atoms with Gasteiger partial charge in [0, 0.05) is 18.8 Å². The van der Waals surface area contributed by atoms with E-state index in [1.807, 2.05) is 0 Å². The minimum Gasteiger partial charge on any atom is -0.325 e. The molecule has 0 fully saturated rings. The van der Waals surface area contributed by atoms with Gasteiger partial charge >= 0.3 is 0 Å². The summed E-state index contributed by atoms with van der Waals surface area (Å²) in [7, 11) is 0. The summed E-state index contributed by atoms with van der Waals surface area (Å²) in [6.45, 7) is 1.65. The van der Waals surface area contributed by atoms with Crippen molar-refractivity contribution in [2.75, 3.05) is 0 Å². The molecule has 5 heteroatoms. The van der Waals surface area contributed by atoms with Crippen LogP contribution in [0.2, 0.25) is 0 Å². The summed E-state index contributed by atoms with van der Waals surface area (Å²) in [6, 6.07) is 2.10. The van der Waals surface area contributed by atoms with Gasteiger partial charge in [-0.25, -0.2) is 0 Å². The van der Waals surface area contributed by atoms with E-state index in [1.54, 1.807) is 0 Å². The van der Waals surface area contributed by atoms with Crippen molar-refractivity contribution in [3.8, 4) is 0 Å². The molecule has 1 aromatic rings. The number of hydrogen-bond donors (Lipinski definition) is 1. The number of nitrogens with zero attached hydrogens (tertiary/aromatic N) is 2. The molecule has 0 bridgehead atoms. The lowest BCUT2D eigenvalue weighted by atomic mass is 10.3. The van der Waals surface area contributed by atoms with Crippen molar-refractivity contribution >= 4 is 24.8 Å². The molecule has 1 aliphatic heterocycles. The Balaban J connectivity index is 0.000000605. The molecular formula is C7H13Cl2N3. The Hall–Kier alpha value is -0.250. The average molecular weight is 210 g/mol. The van der Waals surface area contributed by atoms with Crippen LogP contribution in [0.25, 0.3) is 0 Å². The van der Waals surface area contributed by atoms with E-state index in [4.69, 9.17) is 5.73 Å². The number of aromatic nitrogens is 2. The minimum absolute atomic E-state index is 0. The molecular weight excluding hydrogens is 197 g/mol. The van der Waals surface area contributed by atoms with Crippen molar-refractivity contribution in [3.05, 3.63) is 17.5 Å². The summed E-state index contributed by atoms with van der Waals surface area (Å²) in [6.07, 6.45) is 2.42. The molecule has 70 valence electrons. The Morgan fingerprint density at radius 3 is 2.83 bits per heavy atom. The highest BCUT2D eigenvalue weighted by Crippen LogP contribution is 2.14. The fraction of sp³-hybridized carbons (Fsp3) is 0.571. The van der Waals surface area contributed by atoms with Gasteiger partial charge in [0.2, 0.25) is 0 Å². The summed E-state index contributed by atoms with van der Waals surface area (Å²) in [5.41, 5.74) is 7.81. The number of fused-ring (bicyclic) bond motifs is 1. The third-order valence-electron chi connectivity index (χ3n) is 1.93. The van der Waals surface area contributed by atoms with Crippen LogP contribution in [-0.2, 0) is 19.5 Å². The van der Waals surface area contributed by atoms with E-state index in [0.29, 0.717) is 6.54 Å². The van der Waals surface area contributed by atoms with Gasteiger partial charge in [-0.2, -0.15) is 5.10 Å². The lowest BCUT2D eigenvalue weighted by molar-refractivity contribution is 0.644. The maximum absolute atomic E-state index is 5.44. The number of nitrogens with two attached hydrogens (primary N) is 1. The number of hydrogen-bond acceptors (Lipinski definition) is 2. The Morgan fingerprint density at radius 2 is 2.25 bits per heavy atom. The second-order valence-electron chi connectivity index (χ2n) is 2.66. The first-order valence-electron chi connectivity index (χ1n) is 3.66. The molecule has 1 aliphatic rings. The zero-order valence-electron chi connectivity index (χ0n) is 6.69. The molecule has 2 rings (SSSR count). The van der Waals surface area contributed by atoms with Gasteiger partial charge in [-0.1, -0.05) is 0 Å². The molecule has 12 heavy (non-hydrogen) atoms. The molecule has 0 aliphatic carbocycles. The Morgan fingerprint density at radius 1 is 1.50 bits per heavy atom. The molecule has 1 aromatic heterocycles. The number of rotatable bonds is 1. The second-order valence-corrected chi connectivity index (χ2v) is 2.66. The lowest BCUT2D eigenvalue weighted by Crippen LogP contribution is -2.00. The van der Waals surface area contributed by atoms with Gasteiger partial charge in [0.1, 0.15) is 0 Å². The van der Waals surface area contributed by atoms with Crippen molar-refractivity contribution in [1.82, 2.24) is 9.78 Å². The smallest absolute Gasteiger partial charge is 0.0763 e. The molecule has 2 N–H and O–H groups in total. The van der Waals surface area contributed by atoms with Gasteiger partial charge in [-0.15, -0.1) is 24.8 Å². The molecule has 0 spiro atoms. The summed E-state index contributed by atoms with van der Waals surface area (Å²) >= 11 is 0. The maximum atomic E-state index is 5.44. The molecule has 0 radical (unpaired) electrons. The molecule has 0 atom stereocenters. The van der Waals surface area contributed by atoms with Gasteiger partial charge in [0.25, 0.3) is 0 Å². The number of aryl methyl sites for hydroxylation is 2. The highest BCUT2D eigenvalue weighted by Gasteiger charge is 2.11. The third-order valence-corrected chi connectivity index (χ3v) is 1.93. The summed E-state index contributed by atoms with van der Waals surface area (Å²) in [4.78, 5) is 0. The van der Waals surface area contributed by atoms with Crippen LogP contribution < -0.4 is 5.73 Å². The van der Waals surface area contributed by atoms with Crippen LogP contribution in [0.3, 0.4) is 0 Å². The Labute approximate surface area is 84.1 Å². The molecule has 0 amide bonds. The van der Waals surface area contributed by atoms with Gasteiger partial charge in [-0.3, -0.25) is 4.68 Å². The van der Waals surface area contributed by atoms with E-state index in [1.165, 1.54) is 18.5 Å². The molecule has 0 unspecified atom stereocenters. The zero-order chi connectivity index (χ0) is 6.97. The first-order chi connectivity index (χ1) is 4.90. The van der Waals surface area contributed by atoms with Crippen LogP contribution in [0.4, 0.5) is 0 Å². The first kappa shape index (κ1) is 11.8. The van der Waals surface area contributed by atoms with E-state index in [2.05, 4.69) is 15.8 Å². The molecule has 3 nitrogen and oxygen atoms in total. The Kier molecular flexibility index (Phi) is 4.60. The molecule has 0 saturated carbocycles. The van der Waals surface area contributed by atoms with Crippen molar-refractivity contribution < 1.29 is 0 Å². The largest absolute Gasteiger partial charge is 0.325 e. The topological polar surface area (TPSA) is 43.8 Å². The number of halogens is 2. The SMILES string of the molecule is Cl.Cl.NCc1cc2n(n1)CCC2. The fourth-order valence-electron chi connectivity index (χ4n) is 1.42. The fourth-order valence-corrected chi connectivity index (χ4v) is 1.42. The van der Waals surface area contributed by atoms with Crippen LogP contribution in [-0.4, -0.2) is 9.78 Å². The second kappa shape index (κ2) is 4.70. The summed E-state index contributed by atoms with van der Waals surface area (Å²) in [5, 5.41) is 4.30. The first-order valence-corrected chi connectivity index (χ1v) is 3.66. The van der Waals surface area contributed by atoms with Gasteiger partial charge < -0.3 is 5.73 Å². The average Bonchev–Trinajstić information content (AvgIpc) is 2.42. The van der Waals surface area contributed by atoms with E-state index in [0.717, 1.165) is 12.2 Å². The van der Waals surface area contributed by atoms with E-state index in [-0.39, 0.29) is 24.8 Å². The summed E-state index contributed by atoms with van der Waals surface area (Å²) in [5.74, 6) is 0. The minimum atomic E-state index is 0. The van der Waals surface area contributed by atoms with Crippen LogP contribution in [0.5, 0.6) is 0 Å². The normalized spacial score (nSPS) is 13.1. The quantitative estimate of drug-likeness (QED) is 0.755. The van der Waals surface area contributed by atoms with Crippen LogP contribution in [0.15, 0.2) is 6.07 Å². The van der Waals surface area contributed by atoms with Gasteiger partial charge in [0.15, 0.2) is 0 Å². The Bertz CT molecular complexity index is 225. The molecule has 2 heterocycles. The monoisotopic (exact) mass is 209 g/mol. The molecule has 0 saturated heterocycles. The molecule has 0 aromatic carbocycles. The summed E-state index contributed by atoms with van der Waals surface area (Å²) < 4.78 is 2.06. The predicted octanol–water partition coefficient (Wildman–Crippen LogP) is 1.13. The van der Waals surface area contributed by atoms with Crippen LogP contribution in [0.1, 0.15) is 17.8 Å². The van der Waals surface area contributed by atoms with E-state index >= 15 is 0 Å². The van der Waals surface area contributed by atoms with Crippen molar-refractivity contribution in [2.24, 2.45) is 5.73 Å². The van der Waals surface area contributed by atoms with Gasteiger partial charge in [-0.05, 0) is 18.9 Å². The maximum Gasteiger partial charge on any atom is 0.0763 e.